The predicted octanol–water partition coefficient (Wildman–Crippen LogP) is 5.51. The molecule has 2 heterocycles. The summed E-state index contributed by atoms with van der Waals surface area (Å²) in [5.74, 6) is 2.04. The maximum atomic E-state index is 13.3. The number of carbonyl (C=O) groups is 1. The first-order valence-corrected chi connectivity index (χ1v) is 12.5. The highest BCUT2D eigenvalue weighted by molar-refractivity contribution is 5.99. The van der Waals surface area contributed by atoms with Gasteiger partial charge in [0.05, 0.1) is 0 Å². The van der Waals surface area contributed by atoms with E-state index < -0.39 is 6.10 Å². The molecule has 36 heavy (non-hydrogen) atoms. The van der Waals surface area contributed by atoms with Gasteiger partial charge in [0.1, 0.15) is 24.5 Å². The molecule has 1 amide bonds. The minimum Gasteiger partial charge on any atom is -0.481 e. The van der Waals surface area contributed by atoms with Crippen LogP contribution < -0.4 is 20.7 Å². The summed E-state index contributed by atoms with van der Waals surface area (Å²) in [5, 5.41) is 9.04. The standard InChI is InChI=1S/C28H35N5O3/c1-18(2)15-25(36-22-10-8-20-12-13-30-27(29)23(20)17-22)28(34)31-21-9-11-24(19(3)16-21)33-14-6-5-7-26(33)32-35-4/h8-13,16-18,25H,5-7,14-15H2,1-4H3,(H2,29,30)(H,31,34)/b32-26+. The van der Waals surface area contributed by atoms with Crippen LogP contribution in [0.25, 0.3) is 10.8 Å². The molecule has 8 nitrogen and oxygen atoms in total. The third-order valence-electron chi connectivity index (χ3n) is 6.32. The van der Waals surface area contributed by atoms with E-state index in [0.29, 0.717) is 18.0 Å². The van der Waals surface area contributed by atoms with Crippen molar-refractivity contribution >= 4 is 39.7 Å². The van der Waals surface area contributed by atoms with Gasteiger partial charge in [0.15, 0.2) is 6.10 Å². The number of anilines is 3. The summed E-state index contributed by atoms with van der Waals surface area (Å²) in [6, 6.07) is 13.5. The van der Waals surface area contributed by atoms with Gasteiger partial charge in [-0.3, -0.25) is 4.79 Å². The molecule has 4 rings (SSSR count). The van der Waals surface area contributed by atoms with Gasteiger partial charge < -0.3 is 25.5 Å². The summed E-state index contributed by atoms with van der Waals surface area (Å²) in [5.41, 5.74) is 8.89. The molecular weight excluding hydrogens is 454 g/mol. The number of pyridine rings is 1. The Morgan fingerprint density at radius 3 is 2.78 bits per heavy atom. The van der Waals surface area contributed by atoms with Crippen LogP contribution in [0.15, 0.2) is 53.8 Å². The number of nitrogen functional groups attached to an aromatic ring is 1. The smallest absolute Gasteiger partial charge is 0.265 e. The van der Waals surface area contributed by atoms with Crippen LogP contribution in [0.4, 0.5) is 17.2 Å². The topological polar surface area (TPSA) is 102 Å². The zero-order valence-corrected chi connectivity index (χ0v) is 21.5. The number of aryl methyl sites for hydroxylation is 1. The summed E-state index contributed by atoms with van der Waals surface area (Å²) >= 11 is 0. The maximum absolute atomic E-state index is 13.3. The summed E-state index contributed by atoms with van der Waals surface area (Å²) in [6.07, 6.45) is 4.69. The van der Waals surface area contributed by atoms with E-state index in [2.05, 4.69) is 34.2 Å². The molecule has 2 aromatic carbocycles. The fraction of sp³-hybridized carbons (Fsp3) is 0.393. The number of rotatable bonds is 8. The van der Waals surface area contributed by atoms with Crippen LogP contribution in [-0.4, -0.2) is 36.5 Å². The number of oxime groups is 1. The Labute approximate surface area is 212 Å². The van der Waals surface area contributed by atoms with Crippen LogP contribution in [0.1, 0.15) is 45.1 Å². The second-order valence-electron chi connectivity index (χ2n) is 9.60. The van der Waals surface area contributed by atoms with Crippen molar-refractivity contribution in [3.05, 3.63) is 54.2 Å². The lowest BCUT2D eigenvalue weighted by molar-refractivity contribution is -0.123. The van der Waals surface area contributed by atoms with Gasteiger partial charge in [0.25, 0.3) is 5.91 Å². The predicted molar refractivity (Wildman–Crippen MR) is 145 cm³/mol. The minimum absolute atomic E-state index is 0.185. The molecule has 1 saturated heterocycles. The van der Waals surface area contributed by atoms with Crippen molar-refractivity contribution in [1.29, 1.82) is 0 Å². The fourth-order valence-corrected chi connectivity index (χ4v) is 4.58. The molecule has 190 valence electrons. The molecule has 0 aliphatic carbocycles. The highest BCUT2D eigenvalue weighted by Crippen LogP contribution is 2.29. The largest absolute Gasteiger partial charge is 0.481 e. The molecular formula is C28H35N5O3. The number of aromatic nitrogens is 1. The molecule has 0 spiro atoms. The van der Waals surface area contributed by atoms with Gasteiger partial charge in [-0.25, -0.2) is 4.98 Å². The normalized spacial score (nSPS) is 15.8. The number of hydrogen-bond acceptors (Lipinski definition) is 6. The minimum atomic E-state index is -0.650. The van der Waals surface area contributed by atoms with Crippen molar-refractivity contribution in [2.24, 2.45) is 11.1 Å². The quantitative estimate of drug-likeness (QED) is 0.405. The van der Waals surface area contributed by atoms with E-state index >= 15 is 0 Å². The lowest BCUT2D eigenvalue weighted by Gasteiger charge is -2.31. The van der Waals surface area contributed by atoms with Crippen molar-refractivity contribution in [3.63, 3.8) is 0 Å². The van der Waals surface area contributed by atoms with Crippen molar-refractivity contribution in [2.45, 2.75) is 52.6 Å². The van der Waals surface area contributed by atoms with Crippen molar-refractivity contribution in [2.75, 3.05) is 29.6 Å². The third kappa shape index (κ3) is 5.87. The number of benzene rings is 2. The van der Waals surface area contributed by atoms with Crippen LogP contribution in [0.5, 0.6) is 5.75 Å². The Balaban J connectivity index is 1.51. The van der Waals surface area contributed by atoms with E-state index in [1.807, 2.05) is 49.4 Å². The van der Waals surface area contributed by atoms with Crippen LogP contribution in [0, 0.1) is 12.8 Å². The molecule has 1 aliphatic heterocycles. The van der Waals surface area contributed by atoms with Gasteiger partial charge in [-0.15, -0.1) is 0 Å². The van der Waals surface area contributed by atoms with Crippen LogP contribution >= 0.6 is 0 Å². The molecule has 1 atom stereocenters. The Morgan fingerprint density at radius 2 is 2.03 bits per heavy atom. The number of nitrogens with zero attached hydrogens (tertiary/aromatic N) is 3. The Hall–Kier alpha value is -3.81. The molecule has 1 aliphatic rings. The second-order valence-corrected chi connectivity index (χ2v) is 9.60. The second kappa shape index (κ2) is 11.3. The van der Waals surface area contributed by atoms with E-state index in [9.17, 15) is 4.79 Å². The number of hydrogen-bond donors (Lipinski definition) is 2. The monoisotopic (exact) mass is 489 g/mol. The van der Waals surface area contributed by atoms with E-state index in [-0.39, 0.29) is 11.8 Å². The zero-order chi connectivity index (χ0) is 25.7. The molecule has 3 aromatic rings. The Bertz CT molecular complexity index is 1260. The number of amides is 1. The number of nitrogens with one attached hydrogen (secondary N) is 1. The molecule has 1 aromatic heterocycles. The highest BCUT2D eigenvalue weighted by atomic mass is 16.6. The summed E-state index contributed by atoms with van der Waals surface area (Å²) in [7, 11) is 1.57. The Kier molecular flexibility index (Phi) is 7.93. The molecule has 1 unspecified atom stereocenters. The highest BCUT2D eigenvalue weighted by Gasteiger charge is 2.24. The van der Waals surface area contributed by atoms with Crippen LogP contribution in [0.3, 0.4) is 0 Å². The van der Waals surface area contributed by atoms with Gasteiger partial charge >= 0.3 is 0 Å². The first kappa shape index (κ1) is 25.3. The molecule has 3 N–H and O–H groups in total. The number of ether oxygens (including phenoxy) is 1. The molecule has 1 fully saturated rings. The fourth-order valence-electron chi connectivity index (χ4n) is 4.58. The van der Waals surface area contributed by atoms with Crippen molar-refractivity contribution < 1.29 is 14.4 Å². The van der Waals surface area contributed by atoms with Gasteiger partial charge in [-0.05, 0) is 79.5 Å². The number of amidine groups is 1. The van der Waals surface area contributed by atoms with E-state index in [1.165, 1.54) is 0 Å². The summed E-state index contributed by atoms with van der Waals surface area (Å²) in [6.45, 7) is 7.08. The van der Waals surface area contributed by atoms with Crippen molar-refractivity contribution in [3.8, 4) is 5.75 Å². The van der Waals surface area contributed by atoms with Gasteiger partial charge in [0, 0.05) is 35.9 Å². The summed E-state index contributed by atoms with van der Waals surface area (Å²) < 4.78 is 6.18. The third-order valence-corrected chi connectivity index (χ3v) is 6.32. The maximum Gasteiger partial charge on any atom is 0.265 e. The van der Waals surface area contributed by atoms with Gasteiger partial charge in [-0.1, -0.05) is 25.1 Å². The van der Waals surface area contributed by atoms with Gasteiger partial charge in [-0.2, -0.15) is 0 Å². The van der Waals surface area contributed by atoms with Crippen LogP contribution in [-0.2, 0) is 9.63 Å². The molecule has 8 heteroatoms. The van der Waals surface area contributed by atoms with Crippen molar-refractivity contribution in [1.82, 2.24) is 4.98 Å². The van der Waals surface area contributed by atoms with Gasteiger partial charge in [0.2, 0.25) is 0 Å². The number of piperidine rings is 1. The van der Waals surface area contributed by atoms with E-state index in [0.717, 1.165) is 59.4 Å². The van der Waals surface area contributed by atoms with E-state index in [1.54, 1.807) is 13.3 Å². The SMILES string of the molecule is CO/N=C1\CCCCN1c1ccc(NC(=O)C(CC(C)C)Oc2ccc3ccnc(N)c3c2)cc1C. The molecule has 0 saturated carbocycles. The average molecular weight is 490 g/mol. The lowest BCUT2D eigenvalue weighted by Crippen LogP contribution is -2.36. The average Bonchev–Trinajstić information content (AvgIpc) is 2.85. The van der Waals surface area contributed by atoms with E-state index in [4.69, 9.17) is 15.3 Å². The summed E-state index contributed by atoms with van der Waals surface area (Å²) in [4.78, 5) is 24.7. The number of carbonyl (C=O) groups excluding carboxylic acids is 1. The van der Waals surface area contributed by atoms with Crippen LogP contribution in [0.2, 0.25) is 0 Å². The zero-order valence-electron chi connectivity index (χ0n) is 21.5. The molecule has 0 bridgehead atoms. The molecule has 0 radical (unpaired) electrons. The first-order chi connectivity index (χ1) is 17.4. The first-order valence-electron chi connectivity index (χ1n) is 12.5. The number of nitrogens with two attached hydrogens (primary N) is 1. The Morgan fingerprint density at radius 1 is 1.19 bits per heavy atom. The number of fused-ring (bicyclic) bond motifs is 1. The lowest BCUT2D eigenvalue weighted by atomic mass is 10.0.